The molecule has 0 bridgehead atoms. The molecule has 0 amide bonds. The molecule has 0 aliphatic rings. The molecule has 0 unspecified atom stereocenters. The zero-order valence-corrected chi connectivity index (χ0v) is 16.6. The summed E-state index contributed by atoms with van der Waals surface area (Å²) in [5.41, 5.74) is 2.80. The van der Waals surface area contributed by atoms with Gasteiger partial charge in [-0.25, -0.2) is 4.57 Å². The topological polar surface area (TPSA) is 89.1 Å². The van der Waals surface area contributed by atoms with E-state index in [4.69, 9.17) is 23.8 Å². The average Bonchev–Trinajstić information content (AvgIpc) is 2.67. The molecule has 0 atom stereocenters. The van der Waals surface area contributed by atoms with Crippen LogP contribution >= 0.6 is 7.82 Å². The van der Waals surface area contributed by atoms with Gasteiger partial charge in [0.2, 0.25) is 17.0 Å². The Morgan fingerprint density at radius 3 is 2.21 bits per heavy atom. The second-order valence-corrected chi connectivity index (χ2v) is 7.21. The van der Waals surface area contributed by atoms with Crippen molar-refractivity contribution in [3.8, 4) is 17.2 Å². The Hall–Kier alpha value is -2.86. The number of phosphoric acid groups is 1. The minimum Gasteiger partial charge on any atom is -0.493 e. The van der Waals surface area contributed by atoms with Gasteiger partial charge in [-0.05, 0) is 35.9 Å². The fraction of sp³-hybridized carbons (Fsp3) is 0.150. The third-order valence-corrected chi connectivity index (χ3v) is 4.68. The van der Waals surface area contributed by atoms with Crippen molar-refractivity contribution in [2.75, 3.05) is 14.2 Å². The van der Waals surface area contributed by atoms with Gasteiger partial charge < -0.3 is 14.0 Å². The van der Waals surface area contributed by atoms with Crippen LogP contribution in [0.4, 0.5) is 0 Å². The van der Waals surface area contributed by atoms with Crippen LogP contribution in [0.1, 0.15) is 11.3 Å². The number of methoxy groups -OCH3 is 2. The predicted molar refractivity (Wildman–Crippen MR) is 106 cm³/mol. The summed E-state index contributed by atoms with van der Waals surface area (Å²) in [4.78, 5) is 18.2. The standard InChI is InChI=1S/C20H20NO6P/c1-21-16(11-9-15-6-4-5-7-17(15)21)10-8-14-12-18(25-2)20(19(13-14)26-3)27-28(22,23)24/h4-13H,1-3H3,(H-,22,23,24)/p+1. The maximum Gasteiger partial charge on any atom is 0.525 e. The number of aromatic nitrogens is 1. The van der Waals surface area contributed by atoms with E-state index in [1.54, 1.807) is 12.1 Å². The Morgan fingerprint density at radius 2 is 1.61 bits per heavy atom. The molecule has 1 heterocycles. The van der Waals surface area contributed by atoms with Gasteiger partial charge in [-0.2, -0.15) is 4.57 Å². The first-order valence-corrected chi connectivity index (χ1v) is 9.92. The van der Waals surface area contributed by atoms with Gasteiger partial charge in [-0.15, -0.1) is 0 Å². The number of benzene rings is 2. The molecule has 3 rings (SSSR count). The Bertz CT molecular complexity index is 1060. The summed E-state index contributed by atoms with van der Waals surface area (Å²) in [6, 6.07) is 15.4. The van der Waals surface area contributed by atoms with Crippen LogP contribution in [0.3, 0.4) is 0 Å². The van der Waals surface area contributed by atoms with E-state index in [1.807, 2.05) is 49.5 Å². The van der Waals surface area contributed by atoms with Gasteiger partial charge in [0.1, 0.15) is 7.05 Å². The first kappa shape index (κ1) is 19.9. The van der Waals surface area contributed by atoms with Gasteiger partial charge >= 0.3 is 7.82 Å². The smallest absolute Gasteiger partial charge is 0.493 e. The Labute approximate surface area is 162 Å². The molecule has 2 N–H and O–H groups in total. The number of nitrogens with zero attached hydrogens (tertiary/aromatic N) is 1. The summed E-state index contributed by atoms with van der Waals surface area (Å²) in [5.74, 6) is 0.169. The third kappa shape index (κ3) is 4.34. The first-order chi connectivity index (χ1) is 13.3. The predicted octanol–water partition coefficient (Wildman–Crippen LogP) is 3.32. The largest absolute Gasteiger partial charge is 0.525 e. The zero-order chi connectivity index (χ0) is 20.3. The number of rotatable bonds is 6. The Morgan fingerprint density at radius 1 is 0.964 bits per heavy atom. The van der Waals surface area contributed by atoms with E-state index in [2.05, 4.69) is 10.6 Å². The summed E-state index contributed by atoms with van der Waals surface area (Å²) in [6.07, 6.45) is 3.79. The maximum absolute atomic E-state index is 11.2. The highest BCUT2D eigenvalue weighted by Gasteiger charge is 2.23. The molecular weight excluding hydrogens is 381 g/mol. The molecule has 0 spiro atoms. The molecule has 0 saturated carbocycles. The summed E-state index contributed by atoms with van der Waals surface area (Å²) < 4.78 is 28.5. The molecule has 3 aromatic rings. The van der Waals surface area contributed by atoms with E-state index in [-0.39, 0.29) is 17.2 Å². The molecule has 8 heteroatoms. The number of aryl methyl sites for hydroxylation is 1. The number of pyridine rings is 1. The fourth-order valence-electron chi connectivity index (χ4n) is 2.91. The summed E-state index contributed by atoms with van der Waals surface area (Å²) >= 11 is 0. The molecule has 0 fully saturated rings. The lowest BCUT2D eigenvalue weighted by molar-refractivity contribution is -0.646. The second kappa shape index (κ2) is 8.02. The van der Waals surface area contributed by atoms with E-state index in [1.165, 1.54) is 14.2 Å². The lowest BCUT2D eigenvalue weighted by Gasteiger charge is -2.15. The lowest BCUT2D eigenvalue weighted by Crippen LogP contribution is -2.32. The molecule has 2 aromatic carbocycles. The molecule has 7 nitrogen and oxygen atoms in total. The fourth-order valence-corrected chi connectivity index (χ4v) is 3.33. The monoisotopic (exact) mass is 402 g/mol. The van der Waals surface area contributed by atoms with Crippen molar-refractivity contribution in [2.45, 2.75) is 0 Å². The first-order valence-electron chi connectivity index (χ1n) is 8.39. The highest BCUT2D eigenvalue weighted by molar-refractivity contribution is 7.46. The number of phosphoric ester groups is 1. The van der Waals surface area contributed by atoms with Gasteiger partial charge in [-0.3, -0.25) is 9.79 Å². The van der Waals surface area contributed by atoms with E-state index >= 15 is 0 Å². The van der Waals surface area contributed by atoms with Crippen LogP contribution in [0.5, 0.6) is 17.2 Å². The zero-order valence-electron chi connectivity index (χ0n) is 15.7. The molecule has 0 saturated heterocycles. The van der Waals surface area contributed by atoms with Crippen molar-refractivity contribution < 1.29 is 32.9 Å². The van der Waals surface area contributed by atoms with Crippen molar-refractivity contribution in [3.05, 3.63) is 59.8 Å². The Balaban J connectivity index is 2.00. The van der Waals surface area contributed by atoms with Crippen LogP contribution in [0.15, 0.2) is 48.5 Å². The maximum atomic E-state index is 11.2. The van der Waals surface area contributed by atoms with Gasteiger partial charge in [0.05, 0.1) is 14.2 Å². The SMILES string of the molecule is COc1cc(C=Cc2ccc3ccccc3[n+]2C)cc(OC)c1OP(=O)(O)O. The minimum atomic E-state index is -4.76. The molecule has 0 aliphatic heterocycles. The molecule has 0 radical (unpaired) electrons. The molecule has 28 heavy (non-hydrogen) atoms. The number of hydrogen-bond acceptors (Lipinski definition) is 4. The minimum absolute atomic E-state index is 0.147. The van der Waals surface area contributed by atoms with E-state index in [0.29, 0.717) is 0 Å². The van der Waals surface area contributed by atoms with Crippen LogP contribution in [-0.2, 0) is 11.6 Å². The molecule has 1 aromatic heterocycles. The van der Waals surface area contributed by atoms with Crippen LogP contribution in [0, 0.1) is 0 Å². The van der Waals surface area contributed by atoms with Crippen molar-refractivity contribution in [2.24, 2.45) is 7.05 Å². The van der Waals surface area contributed by atoms with Crippen LogP contribution in [-0.4, -0.2) is 24.0 Å². The van der Waals surface area contributed by atoms with Crippen molar-refractivity contribution in [3.63, 3.8) is 0 Å². The highest BCUT2D eigenvalue weighted by Crippen LogP contribution is 2.47. The number of para-hydroxylation sites is 1. The van der Waals surface area contributed by atoms with Crippen LogP contribution in [0.2, 0.25) is 0 Å². The summed E-state index contributed by atoms with van der Waals surface area (Å²) in [6.45, 7) is 0. The number of hydrogen-bond donors (Lipinski definition) is 2. The van der Waals surface area contributed by atoms with Gasteiger partial charge in [0, 0.05) is 23.6 Å². The number of ether oxygens (including phenoxy) is 2. The number of fused-ring (bicyclic) bond motifs is 1. The normalized spacial score (nSPS) is 11.8. The van der Waals surface area contributed by atoms with Crippen molar-refractivity contribution in [1.82, 2.24) is 0 Å². The quantitative estimate of drug-likeness (QED) is 0.486. The van der Waals surface area contributed by atoms with Crippen molar-refractivity contribution >= 4 is 30.9 Å². The third-order valence-electron chi connectivity index (χ3n) is 4.26. The average molecular weight is 402 g/mol. The van der Waals surface area contributed by atoms with Gasteiger partial charge in [0.25, 0.3) is 0 Å². The van der Waals surface area contributed by atoms with E-state index in [0.717, 1.165) is 22.2 Å². The van der Waals surface area contributed by atoms with Gasteiger partial charge in [0.15, 0.2) is 11.5 Å². The van der Waals surface area contributed by atoms with Crippen molar-refractivity contribution in [1.29, 1.82) is 0 Å². The Kier molecular flexibility index (Phi) is 5.70. The second-order valence-electron chi connectivity index (χ2n) is 6.05. The van der Waals surface area contributed by atoms with Crippen LogP contribution < -0.4 is 18.6 Å². The van der Waals surface area contributed by atoms with E-state index < -0.39 is 7.82 Å². The molecule has 146 valence electrons. The van der Waals surface area contributed by atoms with E-state index in [9.17, 15) is 4.57 Å². The summed E-state index contributed by atoms with van der Waals surface area (Å²) in [7, 11) is 0.00282. The highest BCUT2D eigenvalue weighted by atomic mass is 31.2. The molecule has 0 aliphatic carbocycles. The summed E-state index contributed by atoms with van der Waals surface area (Å²) in [5, 5.41) is 1.14. The lowest BCUT2D eigenvalue weighted by atomic mass is 10.1. The van der Waals surface area contributed by atoms with Crippen LogP contribution in [0.25, 0.3) is 23.1 Å². The molecular formula is C20H21NO6P+. The van der Waals surface area contributed by atoms with Gasteiger partial charge in [-0.1, -0.05) is 12.1 Å².